The van der Waals surface area contributed by atoms with Crippen molar-refractivity contribution in [1.29, 1.82) is 0 Å². The summed E-state index contributed by atoms with van der Waals surface area (Å²) in [6.45, 7) is 4.45. The molecule has 1 radical (unpaired) electrons. The quantitative estimate of drug-likeness (QED) is 0.486. The Balaban J connectivity index is 2.23. The highest BCUT2D eigenvalue weighted by atomic mass is 32.2. The number of rotatable bonds is 6. The highest BCUT2D eigenvalue weighted by Crippen LogP contribution is 2.25. The molecule has 0 aliphatic heterocycles. The first kappa shape index (κ1) is 11.6. The van der Waals surface area contributed by atoms with Crippen LogP contribution in [0.25, 0.3) is 0 Å². The normalized spacial score (nSPS) is 12.7. The maximum atomic E-state index is 2.31. The van der Waals surface area contributed by atoms with Crippen molar-refractivity contribution in [3.05, 3.63) is 36.8 Å². The summed E-state index contributed by atoms with van der Waals surface area (Å²) in [7, 11) is 0. The van der Waals surface area contributed by atoms with Crippen molar-refractivity contribution in [2.45, 2.75) is 43.3 Å². The first-order chi connectivity index (χ1) is 6.83. The lowest BCUT2D eigenvalue weighted by Gasteiger charge is -2.10. The van der Waals surface area contributed by atoms with Crippen molar-refractivity contribution in [3.8, 4) is 0 Å². The fraction of sp³-hybridized carbons (Fsp3) is 0.462. The third-order valence-electron chi connectivity index (χ3n) is 2.18. The predicted octanol–water partition coefficient (Wildman–Crippen LogP) is 4.56. The molecular formula is C13H19S. The van der Waals surface area contributed by atoms with Crippen LogP contribution in [0, 0.1) is 6.42 Å². The molecule has 0 amide bonds. The highest BCUT2D eigenvalue weighted by Gasteiger charge is 2.02. The minimum Gasteiger partial charge on any atom is -0.123 e. The molecule has 77 valence electrons. The molecule has 0 saturated carbocycles. The van der Waals surface area contributed by atoms with E-state index in [0.29, 0.717) is 0 Å². The van der Waals surface area contributed by atoms with Gasteiger partial charge in [-0.1, -0.05) is 44.9 Å². The van der Waals surface area contributed by atoms with Crippen LogP contribution in [0.1, 0.15) is 33.1 Å². The van der Waals surface area contributed by atoms with Gasteiger partial charge in [-0.15, -0.1) is 11.8 Å². The second-order valence-electron chi connectivity index (χ2n) is 3.58. The average molecular weight is 207 g/mol. The van der Waals surface area contributed by atoms with Crippen LogP contribution < -0.4 is 0 Å². The van der Waals surface area contributed by atoms with Gasteiger partial charge in [-0.2, -0.15) is 0 Å². The Morgan fingerprint density at radius 3 is 2.64 bits per heavy atom. The van der Waals surface area contributed by atoms with Crippen LogP contribution in [-0.2, 0) is 0 Å². The molecule has 1 rings (SSSR count). The lowest BCUT2D eigenvalue weighted by molar-refractivity contribution is 0.722. The van der Waals surface area contributed by atoms with Crippen LogP contribution in [0.15, 0.2) is 35.2 Å². The maximum Gasteiger partial charge on any atom is 0.00746 e. The molecule has 1 atom stereocenters. The molecule has 14 heavy (non-hydrogen) atoms. The summed E-state index contributed by atoms with van der Waals surface area (Å²) in [5.74, 6) is 0. The third kappa shape index (κ3) is 4.71. The zero-order valence-corrected chi connectivity index (χ0v) is 9.89. The molecule has 0 N–H and O–H groups in total. The smallest absolute Gasteiger partial charge is 0.00746 e. The fourth-order valence-electron chi connectivity index (χ4n) is 1.40. The van der Waals surface area contributed by atoms with Crippen molar-refractivity contribution in [3.63, 3.8) is 0 Å². The minimum absolute atomic E-state index is 0.734. The number of unbranched alkanes of at least 4 members (excludes halogenated alkanes) is 2. The van der Waals surface area contributed by atoms with Crippen LogP contribution in [0.3, 0.4) is 0 Å². The van der Waals surface area contributed by atoms with Crippen LogP contribution in [0.5, 0.6) is 0 Å². The van der Waals surface area contributed by atoms with E-state index in [0.717, 1.165) is 5.25 Å². The average Bonchev–Trinajstić information content (AvgIpc) is 2.20. The Labute approximate surface area is 92.1 Å². The summed E-state index contributed by atoms with van der Waals surface area (Å²) in [5.41, 5.74) is 0. The number of thioether (sulfide) groups is 1. The summed E-state index contributed by atoms with van der Waals surface area (Å²) < 4.78 is 0. The summed E-state index contributed by atoms with van der Waals surface area (Å²) >= 11 is 1.98. The maximum absolute atomic E-state index is 2.31. The first-order valence-electron chi connectivity index (χ1n) is 5.32. The van der Waals surface area contributed by atoms with Gasteiger partial charge in [-0.05, 0) is 25.0 Å². The second kappa shape index (κ2) is 6.94. The topological polar surface area (TPSA) is 0 Å². The molecule has 0 fully saturated rings. The lowest BCUT2D eigenvalue weighted by atomic mass is 10.2. The number of hydrogen-bond acceptors (Lipinski definition) is 1. The van der Waals surface area contributed by atoms with Gasteiger partial charge in [0.25, 0.3) is 0 Å². The molecule has 1 aromatic rings. The summed E-state index contributed by atoms with van der Waals surface area (Å²) in [4.78, 5) is 1.39. The Hall–Kier alpha value is -0.430. The van der Waals surface area contributed by atoms with Crippen molar-refractivity contribution in [1.82, 2.24) is 0 Å². The molecular weight excluding hydrogens is 188 g/mol. The Kier molecular flexibility index (Phi) is 5.77. The molecule has 0 spiro atoms. The van der Waals surface area contributed by atoms with Crippen molar-refractivity contribution in [2.24, 2.45) is 0 Å². The van der Waals surface area contributed by atoms with Crippen molar-refractivity contribution in [2.75, 3.05) is 0 Å². The molecule has 0 aromatic heterocycles. The van der Waals surface area contributed by atoms with Gasteiger partial charge < -0.3 is 0 Å². The van der Waals surface area contributed by atoms with Gasteiger partial charge >= 0.3 is 0 Å². The zero-order chi connectivity index (χ0) is 10.2. The van der Waals surface area contributed by atoms with Gasteiger partial charge in [0.2, 0.25) is 0 Å². The standard InChI is InChI=1S/C13H19S/c1-3-4-6-9-12(2)14-13-10-7-5-8-11-13/h3,5,7-8,10-12H,4,6,9H2,1-2H3. The molecule has 0 nitrogen and oxygen atoms in total. The number of benzene rings is 1. The largest absolute Gasteiger partial charge is 0.123 e. The van der Waals surface area contributed by atoms with Crippen LogP contribution >= 0.6 is 11.8 Å². The monoisotopic (exact) mass is 207 g/mol. The van der Waals surface area contributed by atoms with Crippen LogP contribution in [0.2, 0.25) is 0 Å². The van der Waals surface area contributed by atoms with E-state index in [-0.39, 0.29) is 0 Å². The molecule has 1 heteroatoms. The van der Waals surface area contributed by atoms with Gasteiger partial charge in [0, 0.05) is 10.1 Å². The van der Waals surface area contributed by atoms with Gasteiger partial charge in [0.1, 0.15) is 0 Å². The van der Waals surface area contributed by atoms with E-state index in [1.54, 1.807) is 0 Å². The molecule has 1 unspecified atom stereocenters. The Morgan fingerprint density at radius 1 is 1.29 bits per heavy atom. The van der Waals surface area contributed by atoms with E-state index in [1.807, 2.05) is 11.8 Å². The molecule has 1 aromatic carbocycles. The van der Waals surface area contributed by atoms with Crippen LogP contribution in [0.4, 0.5) is 0 Å². The van der Waals surface area contributed by atoms with Crippen molar-refractivity contribution >= 4 is 11.8 Å². The summed E-state index contributed by atoms with van der Waals surface area (Å²) in [6.07, 6.45) is 6.13. The first-order valence-corrected chi connectivity index (χ1v) is 6.20. The number of hydrogen-bond donors (Lipinski definition) is 0. The third-order valence-corrected chi connectivity index (χ3v) is 3.37. The van der Waals surface area contributed by atoms with Crippen molar-refractivity contribution < 1.29 is 0 Å². The summed E-state index contributed by atoms with van der Waals surface area (Å²) in [5, 5.41) is 0.734. The molecule has 0 bridgehead atoms. The van der Waals surface area contributed by atoms with E-state index in [2.05, 4.69) is 50.6 Å². The molecule has 0 heterocycles. The van der Waals surface area contributed by atoms with Crippen LogP contribution in [-0.4, -0.2) is 5.25 Å². The SMILES string of the molecule is C[CH]CCCC(C)Sc1ccccc1. The predicted molar refractivity (Wildman–Crippen MR) is 65.6 cm³/mol. The van der Waals surface area contributed by atoms with E-state index < -0.39 is 0 Å². The molecule has 0 aliphatic carbocycles. The van der Waals surface area contributed by atoms with E-state index >= 15 is 0 Å². The molecule has 0 saturated heterocycles. The zero-order valence-electron chi connectivity index (χ0n) is 9.07. The van der Waals surface area contributed by atoms with E-state index in [4.69, 9.17) is 0 Å². The van der Waals surface area contributed by atoms with Gasteiger partial charge in [-0.3, -0.25) is 0 Å². The van der Waals surface area contributed by atoms with Gasteiger partial charge in [0.15, 0.2) is 0 Å². The fourth-order valence-corrected chi connectivity index (χ4v) is 2.46. The second-order valence-corrected chi connectivity index (χ2v) is 5.09. The van der Waals surface area contributed by atoms with Gasteiger partial charge in [0.05, 0.1) is 0 Å². The lowest BCUT2D eigenvalue weighted by Crippen LogP contribution is -1.95. The minimum atomic E-state index is 0.734. The Bertz CT molecular complexity index is 230. The van der Waals surface area contributed by atoms with E-state index in [9.17, 15) is 0 Å². The molecule has 0 aliphatic rings. The van der Waals surface area contributed by atoms with E-state index in [1.165, 1.54) is 24.2 Å². The Morgan fingerprint density at radius 2 is 2.00 bits per heavy atom. The summed E-state index contributed by atoms with van der Waals surface area (Å²) in [6, 6.07) is 10.7. The van der Waals surface area contributed by atoms with Gasteiger partial charge in [-0.25, -0.2) is 0 Å². The highest BCUT2D eigenvalue weighted by molar-refractivity contribution is 7.99.